The average molecular weight is 335 g/mol. The Bertz CT molecular complexity index is 529. The molecule has 118 valence electrons. The molecule has 1 amide bonds. The Morgan fingerprint density at radius 1 is 1.18 bits per heavy atom. The highest BCUT2D eigenvalue weighted by Gasteiger charge is 2.55. The van der Waals surface area contributed by atoms with Crippen molar-refractivity contribution in [3.8, 4) is 0 Å². The molecule has 0 radical (unpaired) electrons. The third-order valence-corrected chi connectivity index (χ3v) is 9.42. The number of rotatable bonds is 2. The highest BCUT2D eigenvalue weighted by atomic mass is 32.2. The van der Waals surface area contributed by atoms with Gasteiger partial charge in [0.1, 0.15) is 5.82 Å². The maximum Gasteiger partial charge on any atom is 0.228 e. The van der Waals surface area contributed by atoms with Crippen LogP contribution < -0.4 is 5.32 Å². The van der Waals surface area contributed by atoms with E-state index in [1.807, 2.05) is 18.2 Å². The lowest BCUT2D eigenvalue weighted by Crippen LogP contribution is -2.48. The van der Waals surface area contributed by atoms with Crippen LogP contribution in [0.4, 0.5) is 5.82 Å². The van der Waals surface area contributed by atoms with Gasteiger partial charge in [-0.15, -0.1) is 23.5 Å². The molecule has 22 heavy (non-hydrogen) atoms. The second-order valence-electron chi connectivity index (χ2n) is 6.62. The van der Waals surface area contributed by atoms with Crippen molar-refractivity contribution >= 4 is 35.2 Å². The van der Waals surface area contributed by atoms with Crippen LogP contribution in [0.1, 0.15) is 32.1 Å². The molecule has 1 aliphatic heterocycles. The van der Waals surface area contributed by atoms with Crippen molar-refractivity contribution in [2.75, 3.05) is 16.8 Å². The maximum absolute atomic E-state index is 12.6. The lowest BCUT2D eigenvalue weighted by molar-refractivity contribution is -0.122. The van der Waals surface area contributed by atoms with Crippen molar-refractivity contribution in [1.82, 2.24) is 4.98 Å². The highest BCUT2D eigenvalue weighted by Crippen LogP contribution is 2.64. The molecule has 3 fully saturated rings. The van der Waals surface area contributed by atoms with Crippen molar-refractivity contribution in [2.45, 2.75) is 36.2 Å². The molecule has 2 heterocycles. The van der Waals surface area contributed by atoms with Crippen LogP contribution in [0.3, 0.4) is 0 Å². The third kappa shape index (κ3) is 2.56. The number of carbonyl (C=O) groups is 1. The number of hydrogen-bond donors (Lipinski definition) is 1. The molecule has 4 rings (SSSR count). The van der Waals surface area contributed by atoms with Crippen molar-refractivity contribution in [3.05, 3.63) is 24.4 Å². The van der Waals surface area contributed by atoms with Crippen molar-refractivity contribution in [2.24, 2.45) is 17.8 Å². The normalized spacial score (nSPS) is 32.8. The number of nitrogens with one attached hydrogen (secondary N) is 1. The summed E-state index contributed by atoms with van der Waals surface area (Å²) in [7, 11) is 0. The zero-order chi connectivity index (χ0) is 15.0. The summed E-state index contributed by atoms with van der Waals surface area (Å²) in [5.74, 6) is 5.06. The van der Waals surface area contributed by atoms with Gasteiger partial charge < -0.3 is 5.32 Å². The molecule has 1 saturated heterocycles. The Morgan fingerprint density at radius 3 is 2.55 bits per heavy atom. The van der Waals surface area contributed by atoms with Gasteiger partial charge in [0.25, 0.3) is 0 Å². The number of anilines is 1. The zero-order valence-electron chi connectivity index (χ0n) is 12.7. The van der Waals surface area contributed by atoms with Gasteiger partial charge in [-0.25, -0.2) is 4.98 Å². The SMILES string of the molecule is O=C(Nc1ccccn1)C1C[C@H]2CCC[C@@H](C1)C21SCCS1. The van der Waals surface area contributed by atoms with Gasteiger partial charge in [0, 0.05) is 23.6 Å². The first-order valence-corrected chi connectivity index (χ1v) is 10.2. The smallest absolute Gasteiger partial charge is 0.228 e. The van der Waals surface area contributed by atoms with Gasteiger partial charge in [0.2, 0.25) is 5.91 Å². The fourth-order valence-corrected chi connectivity index (χ4v) is 8.43. The quantitative estimate of drug-likeness (QED) is 0.887. The van der Waals surface area contributed by atoms with E-state index in [9.17, 15) is 4.79 Å². The lowest BCUT2D eigenvalue weighted by Gasteiger charge is -2.52. The summed E-state index contributed by atoms with van der Waals surface area (Å²) in [5.41, 5.74) is 0. The molecule has 3 atom stereocenters. The molecule has 2 saturated carbocycles. The molecule has 1 spiro atoms. The third-order valence-electron chi connectivity index (χ3n) is 5.41. The number of amides is 1. The molecule has 5 heteroatoms. The van der Waals surface area contributed by atoms with E-state index < -0.39 is 0 Å². The van der Waals surface area contributed by atoms with Gasteiger partial charge in [0.15, 0.2) is 0 Å². The first-order chi connectivity index (χ1) is 10.8. The van der Waals surface area contributed by atoms with Gasteiger partial charge in [0.05, 0.1) is 4.08 Å². The van der Waals surface area contributed by atoms with Gasteiger partial charge in [-0.1, -0.05) is 12.5 Å². The molecule has 3 nitrogen and oxygen atoms in total. The summed E-state index contributed by atoms with van der Waals surface area (Å²) in [6, 6.07) is 5.66. The standard InChI is InChI=1S/C17H22N2OS2/c20-16(19-15-6-1-2-7-18-15)12-10-13-4-3-5-14(11-12)17(13)21-8-9-22-17/h1-2,6-7,12-14H,3-5,8-11H2,(H,18,19,20)/t12?,13-,14+. The Kier molecular flexibility index (Phi) is 4.11. The largest absolute Gasteiger partial charge is 0.310 e. The van der Waals surface area contributed by atoms with E-state index in [4.69, 9.17) is 0 Å². The summed E-state index contributed by atoms with van der Waals surface area (Å²) in [6.07, 6.45) is 7.83. The summed E-state index contributed by atoms with van der Waals surface area (Å²) >= 11 is 4.39. The summed E-state index contributed by atoms with van der Waals surface area (Å²) in [5, 5.41) is 3.02. The maximum atomic E-state index is 12.6. The topological polar surface area (TPSA) is 42.0 Å². The molecule has 2 bridgehead atoms. The first-order valence-electron chi connectivity index (χ1n) is 8.28. The number of carbonyl (C=O) groups excluding carboxylic acids is 1. The minimum absolute atomic E-state index is 0.171. The first kappa shape index (κ1) is 14.9. The fourth-order valence-electron chi connectivity index (χ4n) is 4.49. The molecule has 3 aliphatic rings. The molecule has 1 aromatic heterocycles. The Hall–Kier alpha value is -0.680. The number of nitrogens with zero attached hydrogens (tertiary/aromatic N) is 1. The van der Waals surface area contributed by atoms with Gasteiger partial charge >= 0.3 is 0 Å². The van der Waals surface area contributed by atoms with E-state index in [0.717, 1.165) is 24.7 Å². The number of aromatic nitrogens is 1. The summed E-state index contributed by atoms with van der Waals surface area (Å²) in [4.78, 5) is 16.9. The van der Waals surface area contributed by atoms with Crippen LogP contribution in [0.25, 0.3) is 0 Å². The van der Waals surface area contributed by atoms with E-state index >= 15 is 0 Å². The molecule has 2 aliphatic carbocycles. The number of pyridine rings is 1. The van der Waals surface area contributed by atoms with Crippen LogP contribution >= 0.6 is 23.5 Å². The van der Waals surface area contributed by atoms with Crippen molar-refractivity contribution in [3.63, 3.8) is 0 Å². The van der Waals surface area contributed by atoms with Crippen LogP contribution in [-0.2, 0) is 4.79 Å². The molecule has 1 N–H and O–H groups in total. The van der Waals surface area contributed by atoms with Crippen LogP contribution in [-0.4, -0.2) is 26.5 Å². The zero-order valence-corrected chi connectivity index (χ0v) is 14.3. The van der Waals surface area contributed by atoms with E-state index in [0.29, 0.717) is 9.90 Å². The predicted molar refractivity (Wildman–Crippen MR) is 94.1 cm³/mol. The summed E-state index contributed by atoms with van der Waals surface area (Å²) < 4.78 is 0.444. The minimum Gasteiger partial charge on any atom is -0.310 e. The highest BCUT2D eigenvalue weighted by molar-refractivity contribution is 8.21. The molecule has 1 unspecified atom stereocenters. The predicted octanol–water partition coefficient (Wildman–Crippen LogP) is 4.02. The second kappa shape index (κ2) is 6.08. The molecule has 1 aromatic rings. The van der Waals surface area contributed by atoms with Crippen LogP contribution in [0, 0.1) is 17.8 Å². The van der Waals surface area contributed by atoms with Crippen LogP contribution in [0.5, 0.6) is 0 Å². The van der Waals surface area contributed by atoms with Crippen molar-refractivity contribution in [1.29, 1.82) is 0 Å². The Morgan fingerprint density at radius 2 is 1.91 bits per heavy atom. The second-order valence-corrected chi connectivity index (χ2v) is 9.62. The van der Waals surface area contributed by atoms with Crippen molar-refractivity contribution < 1.29 is 4.79 Å². The summed E-state index contributed by atoms with van der Waals surface area (Å²) in [6.45, 7) is 0. The van der Waals surface area contributed by atoms with E-state index in [1.54, 1.807) is 6.20 Å². The Balaban J connectivity index is 1.48. The van der Waals surface area contributed by atoms with Crippen LogP contribution in [0.15, 0.2) is 24.4 Å². The Labute approximate surface area is 140 Å². The minimum atomic E-state index is 0.171. The average Bonchev–Trinajstić information content (AvgIpc) is 2.97. The van der Waals surface area contributed by atoms with Gasteiger partial charge in [-0.05, 0) is 49.7 Å². The van der Waals surface area contributed by atoms with E-state index in [1.165, 1.54) is 30.8 Å². The molecular weight excluding hydrogens is 312 g/mol. The number of thioether (sulfide) groups is 2. The van der Waals surface area contributed by atoms with Gasteiger partial charge in [-0.2, -0.15) is 0 Å². The molecule has 0 aromatic carbocycles. The van der Waals surface area contributed by atoms with Crippen LogP contribution in [0.2, 0.25) is 0 Å². The fraction of sp³-hybridized carbons (Fsp3) is 0.647. The van der Waals surface area contributed by atoms with Gasteiger partial charge in [-0.3, -0.25) is 4.79 Å². The monoisotopic (exact) mass is 334 g/mol. The lowest BCUT2D eigenvalue weighted by atomic mass is 9.67. The van der Waals surface area contributed by atoms with E-state index in [-0.39, 0.29) is 11.8 Å². The van der Waals surface area contributed by atoms with E-state index in [2.05, 4.69) is 33.8 Å². The number of hydrogen-bond acceptors (Lipinski definition) is 4. The molecular formula is C17H22N2OS2.